The molecule has 1 heterocycles. The van der Waals surface area contributed by atoms with Crippen molar-refractivity contribution in [1.29, 1.82) is 0 Å². The molecule has 2 aromatic carbocycles. The zero-order chi connectivity index (χ0) is 19.1. The maximum Gasteiger partial charge on any atom is 0.270 e. The first kappa shape index (κ1) is 18.6. The fourth-order valence-electron chi connectivity index (χ4n) is 2.45. The SMILES string of the molecule is O=C(NCc1ccccc1)c1ccnc(C(=O)NCc2ccc(Cl)cc2)c1. The van der Waals surface area contributed by atoms with Crippen LogP contribution in [0.5, 0.6) is 0 Å². The number of hydrogen-bond donors (Lipinski definition) is 2. The molecule has 2 N–H and O–H groups in total. The van der Waals surface area contributed by atoms with Gasteiger partial charge in [0.25, 0.3) is 11.8 Å². The summed E-state index contributed by atoms with van der Waals surface area (Å²) in [6, 6.07) is 19.9. The maximum atomic E-state index is 12.3. The Labute approximate surface area is 162 Å². The second-order valence-electron chi connectivity index (χ2n) is 5.91. The number of carbonyl (C=O) groups excluding carboxylic acids is 2. The Morgan fingerprint density at radius 1 is 0.815 bits per heavy atom. The van der Waals surface area contributed by atoms with Gasteiger partial charge in [0.2, 0.25) is 0 Å². The van der Waals surface area contributed by atoms with Gasteiger partial charge in [-0.15, -0.1) is 0 Å². The number of nitrogens with zero attached hydrogens (tertiary/aromatic N) is 1. The Kier molecular flexibility index (Phi) is 6.18. The summed E-state index contributed by atoms with van der Waals surface area (Å²) in [6.45, 7) is 0.766. The molecule has 0 atom stereocenters. The summed E-state index contributed by atoms with van der Waals surface area (Å²) < 4.78 is 0. The highest BCUT2D eigenvalue weighted by atomic mass is 35.5. The van der Waals surface area contributed by atoms with Crippen LogP contribution in [0.1, 0.15) is 32.0 Å². The van der Waals surface area contributed by atoms with Gasteiger partial charge in [-0.2, -0.15) is 0 Å². The topological polar surface area (TPSA) is 71.1 Å². The minimum absolute atomic E-state index is 0.191. The highest BCUT2D eigenvalue weighted by Gasteiger charge is 2.11. The van der Waals surface area contributed by atoms with E-state index in [9.17, 15) is 9.59 Å². The maximum absolute atomic E-state index is 12.3. The molecule has 0 aliphatic heterocycles. The lowest BCUT2D eigenvalue weighted by atomic mass is 10.2. The van der Waals surface area contributed by atoms with Crippen LogP contribution in [0.2, 0.25) is 5.02 Å². The molecule has 6 heteroatoms. The normalized spacial score (nSPS) is 10.3. The van der Waals surface area contributed by atoms with Crippen molar-refractivity contribution in [2.75, 3.05) is 0 Å². The van der Waals surface area contributed by atoms with Crippen LogP contribution >= 0.6 is 11.6 Å². The molecule has 0 fully saturated rings. The number of nitrogens with one attached hydrogen (secondary N) is 2. The highest BCUT2D eigenvalue weighted by molar-refractivity contribution is 6.30. The van der Waals surface area contributed by atoms with Gasteiger partial charge in [-0.3, -0.25) is 14.6 Å². The van der Waals surface area contributed by atoms with Crippen LogP contribution in [0.15, 0.2) is 72.9 Å². The third-order valence-corrected chi connectivity index (χ3v) is 4.17. The van der Waals surface area contributed by atoms with E-state index in [0.717, 1.165) is 11.1 Å². The smallest absolute Gasteiger partial charge is 0.270 e. The van der Waals surface area contributed by atoms with Gasteiger partial charge in [0.1, 0.15) is 5.69 Å². The lowest BCUT2D eigenvalue weighted by molar-refractivity contribution is 0.0946. The monoisotopic (exact) mass is 379 g/mol. The second-order valence-corrected chi connectivity index (χ2v) is 6.34. The van der Waals surface area contributed by atoms with E-state index in [-0.39, 0.29) is 17.5 Å². The van der Waals surface area contributed by atoms with E-state index < -0.39 is 0 Å². The number of halogens is 1. The molecule has 1 aromatic heterocycles. The van der Waals surface area contributed by atoms with Gasteiger partial charge in [-0.1, -0.05) is 54.1 Å². The summed E-state index contributed by atoms with van der Waals surface area (Å²) in [5.74, 6) is -0.601. The molecular weight excluding hydrogens is 362 g/mol. The van der Waals surface area contributed by atoms with E-state index in [1.54, 1.807) is 18.2 Å². The van der Waals surface area contributed by atoms with Gasteiger partial charge in [0, 0.05) is 29.9 Å². The van der Waals surface area contributed by atoms with Crippen molar-refractivity contribution < 1.29 is 9.59 Å². The molecule has 0 spiro atoms. The summed E-state index contributed by atoms with van der Waals surface area (Å²) in [5, 5.41) is 6.26. The Balaban J connectivity index is 1.59. The Morgan fingerprint density at radius 2 is 1.44 bits per heavy atom. The van der Waals surface area contributed by atoms with Gasteiger partial charge in [-0.05, 0) is 35.4 Å². The second kappa shape index (κ2) is 8.96. The molecule has 0 aliphatic carbocycles. The number of pyridine rings is 1. The van der Waals surface area contributed by atoms with E-state index in [0.29, 0.717) is 23.7 Å². The third kappa shape index (κ3) is 5.39. The van der Waals surface area contributed by atoms with E-state index in [4.69, 9.17) is 11.6 Å². The van der Waals surface area contributed by atoms with E-state index in [1.807, 2.05) is 42.5 Å². The third-order valence-electron chi connectivity index (χ3n) is 3.92. The standard InChI is InChI=1S/C21H18ClN3O2/c22-18-8-6-16(7-9-18)14-25-21(27)19-12-17(10-11-23-19)20(26)24-13-15-4-2-1-3-5-15/h1-12H,13-14H2,(H,24,26)(H,25,27). The van der Waals surface area contributed by atoms with Gasteiger partial charge in [-0.25, -0.2) is 0 Å². The van der Waals surface area contributed by atoms with E-state index in [1.165, 1.54) is 12.3 Å². The van der Waals surface area contributed by atoms with Crippen LogP contribution < -0.4 is 10.6 Å². The predicted octanol–water partition coefficient (Wildman–Crippen LogP) is 3.60. The fraction of sp³-hybridized carbons (Fsp3) is 0.0952. The number of carbonyl (C=O) groups is 2. The van der Waals surface area contributed by atoms with Crippen molar-refractivity contribution >= 4 is 23.4 Å². The fourth-order valence-corrected chi connectivity index (χ4v) is 2.58. The molecule has 3 rings (SSSR count). The lowest BCUT2D eigenvalue weighted by Gasteiger charge is -2.08. The van der Waals surface area contributed by atoms with E-state index >= 15 is 0 Å². The lowest BCUT2D eigenvalue weighted by Crippen LogP contribution is -2.26. The van der Waals surface area contributed by atoms with Crippen molar-refractivity contribution in [3.05, 3.63) is 100 Å². The minimum atomic E-state index is -0.345. The molecule has 0 radical (unpaired) electrons. The summed E-state index contributed by atoms with van der Waals surface area (Å²) in [6.07, 6.45) is 1.45. The molecule has 27 heavy (non-hydrogen) atoms. The number of aromatic nitrogens is 1. The van der Waals surface area contributed by atoms with Gasteiger partial charge < -0.3 is 10.6 Å². The molecule has 0 unspecified atom stereocenters. The average molecular weight is 380 g/mol. The van der Waals surface area contributed by atoms with Crippen LogP contribution in [0, 0.1) is 0 Å². The molecule has 5 nitrogen and oxygen atoms in total. The van der Waals surface area contributed by atoms with Crippen LogP contribution in [-0.2, 0) is 13.1 Å². The van der Waals surface area contributed by atoms with Crippen LogP contribution in [-0.4, -0.2) is 16.8 Å². The quantitative estimate of drug-likeness (QED) is 0.687. The molecule has 0 saturated carbocycles. The van der Waals surface area contributed by atoms with Gasteiger partial charge in [0.05, 0.1) is 0 Å². The number of hydrogen-bond acceptors (Lipinski definition) is 3. The number of amides is 2. The first-order valence-electron chi connectivity index (χ1n) is 8.42. The summed E-state index contributed by atoms with van der Waals surface area (Å²) in [4.78, 5) is 28.7. The van der Waals surface area contributed by atoms with Crippen LogP contribution in [0.3, 0.4) is 0 Å². The van der Waals surface area contributed by atoms with Crippen molar-refractivity contribution in [3.63, 3.8) is 0 Å². The highest BCUT2D eigenvalue weighted by Crippen LogP contribution is 2.09. The minimum Gasteiger partial charge on any atom is -0.348 e. The van der Waals surface area contributed by atoms with Gasteiger partial charge >= 0.3 is 0 Å². The van der Waals surface area contributed by atoms with Crippen molar-refractivity contribution in [3.8, 4) is 0 Å². The number of benzene rings is 2. The molecule has 0 bridgehead atoms. The molecule has 0 saturated heterocycles. The van der Waals surface area contributed by atoms with Crippen molar-refractivity contribution in [2.24, 2.45) is 0 Å². The Bertz CT molecular complexity index is 928. The zero-order valence-corrected chi connectivity index (χ0v) is 15.2. The first-order chi connectivity index (χ1) is 13.1. The number of rotatable bonds is 6. The van der Waals surface area contributed by atoms with Gasteiger partial charge in [0.15, 0.2) is 0 Å². The molecule has 2 amide bonds. The first-order valence-corrected chi connectivity index (χ1v) is 8.80. The summed E-state index contributed by atoms with van der Waals surface area (Å²) in [5.41, 5.74) is 2.50. The summed E-state index contributed by atoms with van der Waals surface area (Å²) >= 11 is 5.85. The Hall–Kier alpha value is -3.18. The molecule has 3 aromatic rings. The van der Waals surface area contributed by atoms with Crippen molar-refractivity contribution in [2.45, 2.75) is 13.1 Å². The summed E-state index contributed by atoms with van der Waals surface area (Å²) in [7, 11) is 0. The molecule has 0 aliphatic rings. The largest absolute Gasteiger partial charge is 0.348 e. The van der Waals surface area contributed by atoms with Crippen molar-refractivity contribution in [1.82, 2.24) is 15.6 Å². The van der Waals surface area contributed by atoms with Crippen LogP contribution in [0.25, 0.3) is 0 Å². The van der Waals surface area contributed by atoms with E-state index in [2.05, 4.69) is 15.6 Å². The molecule has 136 valence electrons. The average Bonchev–Trinajstić information content (AvgIpc) is 2.72. The predicted molar refractivity (Wildman–Crippen MR) is 104 cm³/mol. The zero-order valence-electron chi connectivity index (χ0n) is 14.5. The Morgan fingerprint density at radius 3 is 2.15 bits per heavy atom. The van der Waals surface area contributed by atoms with Crippen LogP contribution in [0.4, 0.5) is 0 Å². The molecular formula is C21H18ClN3O2.